The molecule has 45 heavy (non-hydrogen) atoms. The molecule has 0 radical (unpaired) electrons. The van der Waals surface area contributed by atoms with E-state index in [1.807, 2.05) is 48.5 Å². The van der Waals surface area contributed by atoms with Crippen molar-refractivity contribution in [3.05, 3.63) is 108 Å². The van der Waals surface area contributed by atoms with Gasteiger partial charge in [-0.25, -0.2) is 13.4 Å². The van der Waals surface area contributed by atoms with Crippen LogP contribution in [0.4, 0.5) is 5.82 Å². The number of aromatic amines is 1. The molecule has 12 heteroatoms. The lowest BCUT2D eigenvalue weighted by Gasteiger charge is -2.21. The molecule has 0 aliphatic rings. The van der Waals surface area contributed by atoms with Crippen molar-refractivity contribution in [2.75, 3.05) is 25.0 Å². The highest BCUT2D eigenvalue weighted by Crippen LogP contribution is 2.28. The molecule has 0 spiro atoms. The number of pyridine rings is 1. The standard InChI is InChI=1S/C33H34N6O5S/c1-22-18-25(24-10-4-3-5-11-24)19-23(2)31(22)45(42,43)39-29(33(41)44-17-9-16-35-30-14-6-7-15-34-30)21-36-32(40)26-12-8-13-28-27(26)20-37-38-28/h3-8,10-15,18-20,29,39H,9,16-17,21H2,1-2H3,(H,34,35)(H,36,40)(H,37,38). The molecule has 1 unspecified atom stereocenters. The molecule has 2 aromatic heterocycles. The van der Waals surface area contributed by atoms with Crippen LogP contribution in [-0.2, 0) is 19.6 Å². The second-order valence-corrected chi connectivity index (χ2v) is 12.1. The number of hydrogen-bond acceptors (Lipinski definition) is 8. The normalized spacial score (nSPS) is 12.0. The number of aryl methyl sites for hydroxylation is 2. The largest absolute Gasteiger partial charge is 0.464 e. The summed E-state index contributed by atoms with van der Waals surface area (Å²) in [5.41, 5.74) is 3.87. The Morgan fingerprint density at radius 1 is 0.933 bits per heavy atom. The van der Waals surface area contributed by atoms with Gasteiger partial charge in [-0.2, -0.15) is 9.82 Å². The average Bonchev–Trinajstić information content (AvgIpc) is 3.52. The van der Waals surface area contributed by atoms with Gasteiger partial charge < -0.3 is 15.4 Å². The molecule has 0 saturated carbocycles. The predicted octanol–water partition coefficient (Wildman–Crippen LogP) is 4.36. The molecule has 1 atom stereocenters. The topological polar surface area (TPSA) is 155 Å². The fourth-order valence-corrected chi connectivity index (χ4v) is 6.71. The van der Waals surface area contributed by atoms with Gasteiger partial charge in [-0.05, 0) is 66.8 Å². The van der Waals surface area contributed by atoms with E-state index in [9.17, 15) is 18.0 Å². The van der Waals surface area contributed by atoms with Crippen LogP contribution in [0.25, 0.3) is 22.0 Å². The number of sulfonamides is 1. The summed E-state index contributed by atoms with van der Waals surface area (Å²) >= 11 is 0. The number of ether oxygens (including phenoxy) is 1. The van der Waals surface area contributed by atoms with Crippen LogP contribution in [0.5, 0.6) is 0 Å². The van der Waals surface area contributed by atoms with E-state index < -0.39 is 27.9 Å². The van der Waals surface area contributed by atoms with E-state index in [4.69, 9.17) is 4.74 Å². The van der Waals surface area contributed by atoms with Gasteiger partial charge in [-0.1, -0.05) is 54.6 Å². The van der Waals surface area contributed by atoms with E-state index in [-0.39, 0.29) is 18.0 Å². The highest BCUT2D eigenvalue weighted by molar-refractivity contribution is 7.89. The first-order chi connectivity index (χ1) is 21.7. The van der Waals surface area contributed by atoms with Gasteiger partial charge in [0, 0.05) is 24.7 Å². The maximum atomic E-state index is 13.8. The number of nitrogens with zero attached hydrogens (tertiary/aromatic N) is 2. The Kier molecular flexibility index (Phi) is 9.86. The van der Waals surface area contributed by atoms with Crippen LogP contribution >= 0.6 is 0 Å². The molecule has 1 amide bonds. The Hall–Kier alpha value is -5.07. The van der Waals surface area contributed by atoms with Crippen LogP contribution < -0.4 is 15.4 Å². The Morgan fingerprint density at radius 2 is 1.69 bits per heavy atom. The molecule has 11 nitrogen and oxygen atoms in total. The maximum Gasteiger partial charge on any atom is 0.326 e. The quantitative estimate of drug-likeness (QED) is 0.111. The van der Waals surface area contributed by atoms with E-state index in [1.165, 1.54) is 6.20 Å². The Bertz CT molecular complexity index is 1870. The summed E-state index contributed by atoms with van der Waals surface area (Å²) in [4.78, 5) is 30.7. The molecule has 4 N–H and O–H groups in total. The first-order valence-corrected chi connectivity index (χ1v) is 15.9. The number of hydrogen-bond donors (Lipinski definition) is 4. The molecule has 3 aromatic carbocycles. The number of fused-ring (bicyclic) bond motifs is 1. The number of amides is 1. The van der Waals surface area contributed by atoms with Gasteiger partial charge in [0.1, 0.15) is 11.9 Å². The minimum Gasteiger partial charge on any atom is -0.464 e. The van der Waals surface area contributed by atoms with Gasteiger partial charge in [0.15, 0.2) is 0 Å². The first kappa shape index (κ1) is 31.4. The van der Waals surface area contributed by atoms with E-state index in [0.717, 1.165) is 11.1 Å². The lowest BCUT2D eigenvalue weighted by Crippen LogP contribution is -2.49. The minimum atomic E-state index is -4.21. The molecule has 0 aliphatic carbocycles. The summed E-state index contributed by atoms with van der Waals surface area (Å²) < 4.78 is 35.5. The zero-order valence-corrected chi connectivity index (χ0v) is 25.7. The molecule has 0 fully saturated rings. The van der Waals surface area contributed by atoms with Crippen molar-refractivity contribution >= 4 is 38.6 Å². The number of carbonyl (C=O) groups is 2. The van der Waals surface area contributed by atoms with Crippen LogP contribution in [0.15, 0.2) is 96.2 Å². The first-order valence-electron chi connectivity index (χ1n) is 14.4. The number of aromatic nitrogens is 3. The summed E-state index contributed by atoms with van der Waals surface area (Å²) in [6.45, 7) is 3.60. The zero-order chi connectivity index (χ0) is 31.8. The Morgan fingerprint density at radius 3 is 2.42 bits per heavy atom. The van der Waals surface area contributed by atoms with Gasteiger partial charge in [0.25, 0.3) is 5.91 Å². The van der Waals surface area contributed by atoms with Gasteiger partial charge in [-0.15, -0.1) is 0 Å². The van der Waals surface area contributed by atoms with Crippen LogP contribution in [-0.4, -0.2) is 61.2 Å². The number of anilines is 1. The third-order valence-electron chi connectivity index (χ3n) is 7.15. The van der Waals surface area contributed by atoms with Gasteiger partial charge in [0.2, 0.25) is 10.0 Å². The minimum absolute atomic E-state index is 0.0308. The highest BCUT2D eigenvalue weighted by atomic mass is 32.2. The molecule has 5 aromatic rings. The summed E-state index contributed by atoms with van der Waals surface area (Å²) in [5.74, 6) is -0.610. The Balaban J connectivity index is 1.32. The molecule has 0 saturated heterocycles. The van der Waals surface area contributed by atoms with Crippen molar-refractivity contribution in [1.29, 1.82) is 0 Å². The second-order valence-electron chi connectivity index (χ2n) is 10.5. The molecular weight excluding hydrogens is 592 g/mol. The summed E-state index contributed by atoms with van der Waals surface area (Å²) in [7, 11) is -4.21. The molecule has 0 bridgehead atoms. The molecule has 2 heterocycles. The number of rotatable bonds is 13. The fourth-order valence-electron chi connectivity index (χ4n) is 5.08. The lowest BCUT2D eigenvalue weighted by atomic mass is 10.0. The summed E-state index contributed by atoms with van der Waals surface area (Å²) in [6, 6.07) is 22.4. The number of benzene rings is 3. The fraction of sp³-hybridized carbons (Fsp3) is 0.212. The van der Waals surface area contributed by atoms with Gasteiger partial charge in [0.05, 0.1) is 28.8 Å². The SMILES string of the molecule is Cc1cc(-c2ccccc2)cc(C)c1S(=O)(=O)NC(CNC(=O)c1cccc2[nH]ncc12)C(=O)OCCCNc1ccccn1. The molecule has 0 aliphatic heterocycles. The van der Waals surface area contributed by atoms with Crippen molar-refractivity contribution in [3.8, 4) is 11.1 Å². The van der Waals surface area contributed by atoms with Crippen LogP contribution in [0.2, 0.25) is 0 Å². The smallest absolute Gasteiger partial charge is 0.326 e. The summed E-state index contributed by atoms with van der Waals surface area (Å²) in [6.07, 6.45) is 3.65. The second kappa shape index (κ2) is 14.1. The lowest BCUT2D eigenvalue weighted by molar-refractivity contribution is -0.145. The number of esters is 1. The van der Waals surface area contributed by atoms with Crippen LogP contribution in [0.1, 0.15) is 27.9 Å². The van der Waals surface area contributed by atoms with E-state index in [1.54, 1.807) is 50.4 Å². The van der Waals surface area contributed by atoms with Crippen molar-refractivity contribution in [1.82, 2.24) is 25.2 Å². The van der Waals surface area contributed by atoms with Crippen LogP contribution in [0, 0.1) is 13.8 Å². The molecule has 232 valence electrons. The van der Waals surface area contributed by atoms with E-state index in [2.05, 4.69) is 30.5 Å². The third-order valence-corrected chi connectivity index (χ3v) is 8.93. The zero-order valence-electron chi connectivity index (χ0n) is 24.9. The number of nitrogens with one attached hydrogen (secondary N) is 4. The third kappa shape index (κ3) is 7.72. The average molecular weight is 627 g/mol. The van der Waals surface area contributed by atoms with Crippen LogP contribution in [0.3, 0.4) is 0 Å². The van der Waals surface area contributed by atoms with E-state index >= 15 is 0 Å². The summed E-state index contributed by atoms with van der Waals surface area (Å²) in [5, 5.41) is 13.2. The van der Waals surface area contributed by atoms with E-state index in [0.29, 0.717) is 46.4 Å². The van der Waals surface area contributed by atoms with Gasteiger partial charge >= 0.3 is 5.97 Å². The number of carbonyl (C=O) groups excluding carboxylic acids is 2. The maximum absolute atomic E-state index is 13.8. The number of H-pyrrole nitrogens is 1. The van der Waals surface area contributed by atoms with Gasteiger partial charge in [-0.3, -0.25) is 14.7 Å². The monoisotopic (exact) mass is 626 g/mol. The molecular formula is C33H34N6O5S. The molecule has 5 rings (SSSR count). The van der Waals surface area contributed by atoms with Crippen molar-refractivity contribution in [2.24, 2.45) is 0 Å². The predicted molar refractivity (Wildman–Crippen MR) is 172 cm³/mol. The van der Waals surface area contributed by atoms with Crippen molar-refractivity contribution in [3.63, 3.8) is 0 Å². The van der Waals surface area contributed by atoms with Crippen molar-refractivity contribution in [2.45, 2.75) is 31.2 Å². The highest BCUT2D eigenvalue weighted by Gasteiger charge is 2.30. The van der Waals surface area contributed by atoms with Crippen molar-refractivity contribution < 1.29 is 22.7 Å². The Labute approximate surface area is 261 Å².